The first-order chi connectivity index (χ1) is 14.6. The minimum atomic E-state index is -3.85. The Hall–Kier alpha value is -3.16. The van der Waals surface area contributed by atoms with Crippen molar-refractivity contribution in [3.63, 3.8) is 0 Å². The van der Waals surface area contributed by atoms with Gasteiger partial charge in [0, 0.05) is 18.7 Å². The van der Waals surface area contributed by atoms with Crippen LogP contribution in [0.15, 0.2) is 87.1 Å². The minimum absolute atomic E-state index is 0.0569. The highest BCUT2D eigenvalue weighted by molar-refractivity contribution is 7.91. The van der Waals surface area contributed by atoms with Gasteiger partial charge in [0.1, 0.15) is 0 Å². The molecule has 4 aromatic rings. The molecule has 0 atom stereocenters. The van der Waals surface area contributed by atoms with Crippen molar-refractivity contribution >= 4 is 26.5 Å². The van der Waals surface area contributed by atoms with E-state index in [4.69, 9.17) is 9.15 Å². The highest BCUT2D eigenvalue weighted by Crippen LogP contribution is 2.37. The Morgan fingerprint density at radius 3 is 2.33 bits per heavy atom. The van der Waals surface area contributed by atoms with Gasteiger partial charge >= 0.3 is 0 Å². The maximum atomic E-state index is 13.4. The molecule has 0 N–H and O–H groups in total. The molecule has 0 radical (unpaired) electrons. The quantitative estimate of drug-likeness (QED) is 0.494. The molecule has 3 aromatic carbocycles. The summed E-state index contributed by atoms with van der Waals surface area (Å²) in [6, 6.07) is 22.1. The summed E-state index contributed by atoms with van der Waals surface area (Å²) in [6.07, 6.45) is 0. The van der Waals surface area contributed by atoms with Crippen molar-refractivity contribution in [1.82, 2.24) is 4.98 Å². The second-order valence-electron chi connectivity index (χ2n) is 7.07. The van der Waals surface area contributed by atoms with Crippen molar-refractivity contribution < 1.29 is 17.6 Å². The number of morpholine rings is 1. The number of hydrogen-bond donors (Lipinski definition) is 0. The van der Waals surface area contributed by atoms with E-state index < -0.39 is 9.84 Å². The predicted molar refractivity (Wildman–Crippen MR) is 114 cm³/mol. The first kappa shape index (κ1) is 18.8. The van der Waals surface area contributed by atoms with Gasteiger partial charge in [0.2, 0.25) is 26.6 Å². The minimum Gasteiger partial charge on any atom is -0.419 e. The van der Waals surface area contributed by atoms with Gasteiger partial charge in [-0.05, 0) is 29.0 Å². The number of rotatable bonds is 4. The summed E-state index contributed by atoms with van der Waals surface area (Å²) < 4.78 is 38.4. The summed E-state index contributed by atoms with van der Waals surface area (Å²) in [7, 11) is -3.85. The summed E-state index contributed by atoms with van der Waals surface area (Å²) >= 11 is 0. The molecule has 0 saturated carbocycles. The Balaban J connectivity index is 1.71. The topological polar surface area (TPSA) is 72.6 Å². The third-order valence-electron chi connectivity index (χ3n) is 5.21. The summed E-state index contributed by atoms with van der Waals surface area (Å²) in [5, 5.41) is 1.94. The van der Waals surface area contributed by atoms with Crippen molar-refractivity contribution in [2.45, 2.75) is 9.92 Å². The van der Waals surface area contributed by atoms with E-state index in [2.05, 4.69) is 4.98 Å². The van der Waals surface area contributed by atoms with E-state index in [0.717, 1.165) is 16.3 Å². The van der Waals surface area contributed by atoms with Crippen molar-refractivity contribution in [2.24, 2.45) is 0 Å². The van der Waals surface area contributed by atoms with Gasteiger partial charge in [-0.1, -0.05) is 54.6 Å². The zero-order chi connectivity index (χ0) is 20.6. The maximum Gasteiger partial charge on any atom is 0.236 e. The van der Waals surface area contributed by atoms with Crippen LogP contribution >= 0.6 is 0 Å². The van der Waals surface area contributed by atoms with Crippen LogP contribution in [0.3, 0.4) is 0 Å². The average molecular weight is 420 g/mol. The fraction of sp³-hybridized carbons (Fsp3) is 0.174. The smallest absolute Gasteiger partial charge is 0.236 e. The molecule has 5 rings (SSSR count). The summed E-state index contributed by atoms with van der Waals surface area (Å²) in [4.78, 5) is 6.60. The molecule has 1 aromatic heterocycles. The van der Waals surface area contributed by atoms with Crippen LogP contribution in [0.25, 0.3) is 22.2 Å². The number of hydrogen-bond acceptors (Lipinski definition) is 6. The molecular formula is C23H20N2O4S. The van der Waals surface area contributed by atoms with Crippen molar-refractivity contribution in [3.05, 3.63) is 72.8 Å². The Morgan fingerprint density at radius 2 is 1.53 bits per heavy atom. The Bertz CT molecular complexity index is 1290. The van der Waals surface area contributed by atoms with Gasteiger partial charge in [0.05, 0.1) is 18.1 Å². The second kappa shape index (κ2) is 7.59. The number of nitrogens with zero attached hydrogens (tertiary/aromatic N) is 2. The molecule has 30 heavy (non-hydrogen) atoms. The van der Waals surface area contributed by atoms with Gasteiger partial charge in [-0.3, -0.25) is 0 Å². The molecule has 7 heteroatoms. The van der Waals surface area contributed by atoms with Crippen molar-refractivity contribution in [3.8, 4) is 11.5 Å². The molecule has 0 unspecified atom stereocenters. The van der Waals surface area contributed by atoms with Gasteiger partial charge < -0.3 is 14.1 Å². The van der Waals surface area contributed by atoms with Gasteiger partial charge in [-0.15, -0.1) is 0 Å². The molecule has 0 amide bonds. The van der Waals surface area contributed by atoms with E-state index in [1.807, 2.05) is 47.4 Å². The Kier molecular flexibility index (Phi) is 4.77. The largest absolute Gasteiger partial charge is 0.419 e. The monoisotopic (exact) mass is 420 g/mol. The lowest BCUT2D eigenvalue weighted by atomic mass is 10.0. The van der Waals surface area contributed by atoms with E-state index in [1.54, 1.807) is 30.3 Å². The molecule has 0 bridgehead atoms. The van der Waals surface area contributed by atoms with Gasteiger partial charge in [0.15, 0.2) is 0 Å². The number of anilines is 1. The Morgan fingerprint density at radius 1 is 0.833 bits per heavy atom. The maximum absolute atomic E-state index is 13.4. The highest BCUT2D eigenvalue weighted by atomic mass is 32.2. The van der Waals surface area contributed by atoms with Crippen LogP contribution < -0.4 is 4.90 Å². The van der Waals surface area contributed by atoms with E-state index in [9.17, 15) is 8.42 Å². The standard InChI is InChI=1S/C23H20N2O4S/c26-30(27,18-9-2-1-3-10-18)22-23(25-13-15-28-16-14-25)29-21(24-22)20-12-6-8-17-7-4-5-11-19(17)20/h1-12H,13-16H2. The molecule has 152 valence electrons. The Labute approximate surface area is 174 Å². The SMILES string of the molecule is O=S(=O)(c1ccccc1)c1nc(-c2cccc3ccccc23)oc1N1CCOCC1. The second-order valence-corrected chi connectivity index (χ2v) is 8.94. The van der Waals surface area contributed by atoms with E-state index >= 15 is 0 Å². The number of benzene rings is 3. The van der Waals surface area contributed by atoms with Crippen molar-refractivity contribution in [1.29, 1.82) is 0 Å². The van der Waals surface area contributed by atoms with Gasteiger partial charge in [0.25, 0.3) is 0 Å². The lowest BCUT2D eigenvalue weighted by molar-refractivity contribution is 0.120. The molecule has 6 nitrogen and oxygen atoms in total. The third-order valence-corrected chi connectivity index (χ3v) is 6.87. The first-order valence-corrected chi connectivity index (χ1v) is 11.2. The van der Waals surface area contributed by atoms with Crippen LogP contribution in [0.4, 0.5) is 5.88 Å². The number of ether oxygens (including phenoxy) is 1. The molecule has 2 heterocycles. The fourth-order valence-electron chi connectivity index (χ4n) is 3.68. The molecule has 0 spiro atoms. The van der Waals surface area contributed by atoms with Crippen LogP contribution in [-0.2, 0) is 14.6 Å². The number of oxazole rings is 1. The lowest BCUT2D eigenvalue weighted by Crippen LogP contribution is -2.36. The number of aromatic nitrogens is 1. The van der Waals surface area contributed by atoms with E-state index in [0.29, 0.717) is 32.2 Å². The summed E-state index contributed by atoms with van der Waals surface area (Å²) in [5.74, 6) is 0.563. The molecule has 1 aliphatic heterocycles. The van der Waals surface area contributed by atoms with Gasteiger partial charge in [-0.25, -0.2) is 8.42 Å². The summed E-state index contributed by atoms with van der Waals surface area (Å²) in [5.41, 5.74) is 0.761. The highest BCUT2D eigenvalue weighted by Gasteiger charge is 2.32. The zero-order valence-corrected chi connectivity index (χ0v) is 17.0. The average Bonchev–Trinajstić information content (AvgIpc) is 3.26. The first-order valence-electron chi connectivity index (χ1n) is 9.76. The van der Waals surface area contributed by atoms with Crippen LogP contribution in [0.2, 0.25) is 0 Å². The summed E-state index contributed by atoms with van der Waals surface area (Å²) in [6.45, 7) is 2.10. The van der Waals surface area contributed by atoms with E-state index in [-0.39, 0.29) is 15.8 Å². The normalized spacial score (nSPS) is 14.9. The molecular weight excluding hydrogens is 400 g/mol. The number of sulfone groups is 1. The van der Waals surface area contributed by atoms with Crippen LogP contribution in [-0.4, -0.2) is 39.7 Å². The number of fused-ring (bicyclic) bond motifs is 1. The predicted octanol–water partition coefficient (Wildman–Crippen LogP) is 4.16. The molecule has 1 aliphatic rings. The zero-order valence-electron chi connectivity index (χ0n) is 16.2. The molecule has 0 aliphatic carbocycles. The van der Waals surface area contributed by atoms with E-state index in [1.165, 1.54) is 0 Å². The molecule has 1 saturated heterocycles. The lowest BCUT2D eigenvalue weighted by Gasteiger charge is -2.26. The van der Waals surface area contributed by atoms with Crippen LogP contribution in [0.5, 0.6) is 0 Å². The molecule has 1 fully saturated rings. The third kappa shape index (κ3) is 3.26. The van der Waals surface area contributed by atoms with Crippen LogP contribution in [0, 0.1) is 0 Å². The van der Waals surface area contributed by atoms with Crippen molar-refractivity contribution in [2.75, 3.05) is 31.2 Å². The van der Waals surface area contributed by atoms with Crippen LogP contribution in [0.1, 0.15) is 0 Å². The van der Waals surface area contributed by atoms with Gasteiger partial charge in [-0.2, -0.15) is 4.98 Å². The fourth-order valence-corrected chi connectivity index (χ4v) is 5.02.